The van der Waals surface area contributed by atoms with Crippen LogP contribution in [-0.4, -0.2) is 29.0 Å². The van der Waals surface area contributed by atoms with Gasteiger partial charge in [-0.15, -0.1) is 0 Å². The molecule has 5 heteroatoms. The fraction of sp³-hybridized carbons (Fsp3) is 0.733. The highest BCUT2D eigenvalue weighted by Crippen LogP contribution is 2.26. The van der Waals surface area contributed by atoms with Gasteiger partial charge in [-0.1, -0.05) is 35.7 Å². The van der Waals surface area contributed by atoms with Crippen LogP contribution >= 0.6 is 15.9 Å². The molecular weight excluding hydrogens is 324 g/mol. The summed E-state index contributed by atoms with van der Waals surface area (Å²) in [5, 5.41) is 0. The van der Waals surface area contributed by atoms with E-state index in [2.05, 4.69) is 22.9 Å². The summed E-state index contributed by atoms with van der Waals surface area (Å²) < 4.78 is 10.4. The second kappa shape index (κ2) is 8.45. The lowest BCUT2D eigenvalue weighted by Crippen LogP contribution is -2.27. The van der Waals surface area contributed by atoms with Gasteiger partial charge in [-0.25, -0.2) is 4.79 Å². The van der Waals surface area contributed by atoms with Gasteiger partial charge in [0, 0.05) is 12.5 Å². The molecule has 20 heavy (non-hydrogen) atoms. The number of carbonyl (C=O) groups is 2. The van der Waals surface area contributed by atoms with E-state index in [1.54, 1.807) is 0 Å². The second-order valence-electron chi connectivity index (χ2n) is 5.17. The Kier molecular flexibility index (Phi) is 7.27. The molecule has 0 aromatic rings. The first-order valence-corrected chi connectivity index (χ1v) is 8.08. The van der Waals surface area contributed by atoms with Crippen LogP contribution in [0.15, 0.2) is 11.6 Å². The van der Waals surface area contributed by atoms with Gasteiger partial charge in [0.15, 0.2) is 0 Å². The van der Waals surface area contributed by atoms with Gasteiger partial charge in [0.2, 0.25) is 0 Å². The lowest BCUT2D eigenvalue weighted by molar-refractivity contribution is -0.146. The molecule has 3 atom stereocenters. The largest absolute Gasteiger partial charge is 0.461 e. The molecule has 0 aliphatic carbocycles. The molecular formula is C15H23BrO4. The summed E-state index contributed by atoms with van der Waals surface area (Å²) in [6.45, 7) is 5.38. The third-order valence-corrected chi connectivity index (χ3v) is 4.13. The molecule has 0 saturated carbocycles. The number of hydrogen-bond donors (Lipinski definition) is 0. The van der Waals surface area contributed by atoms with E-state index in [0.717, 1.165) is 25.7 Å². The van der Waals surface area contributed by atoms with E-state index < -0.39 is 0 Å². The summed E-state index contributed by atoms with van der Waals surface area (Å²) in [6.07, 6.45) is 6.03. The minimum absolute atomic E-state index is 0.0626. The summed E-state index contributed by atoms with van der Waals surface area (Å²) in [5.74, 6) is -0.552. The first-order chi connectivity index (χ1) is 9.43. The third-order valence-electron chi connectivity index (χ3n) is 3.22. The van der Waals surface area contributed by atoms with Crippen LogP contribution < -0.4 is 0 Å². The molecule has 0 aromatic carbocycles. The van der Waals surface area contributed by atoms with Crippen molar-refractivity contribution >= 4 is 27.9 Å². The van der Waals surface area contributed by atoms with Crippen LogP contribution in [0.3, 0.4) is 0 Å². The van der Waals surface area contributed by atoms with Gasteiger partial charge in [0.25, 0.3) is 0 Å². The number of halogens is 1. The summed E-state index contributed by atoms with van der Waals surface area (Å²) in [6, 6.07) is 0. The van der Waals surface area contributed by atoms with Gasteiger partial charge in [-0.3, -0.25) is 4.79 Å². The fourth-order valence-corrected chi connectivity index (χ4v) is 2.97. The molecule has 1 heterocycles. The van der Waals surface area contributed by atoms with E-state index in [-0.39, 0.29) is 29.0 Å². The van der Waals surface area contributed by atoms with E-state index in [0.29, 0.717) is 12.0 Å². The number of unbranched alkanes of at least 4 members (excludes halogenated alkanes) is 2. The lowest BCUT2D eigenvalue weighted by atomic mass is 10.0. The molecule has 0 saturated heterocycles. The molecule has 1 rings (SSSR count). The summed E-state index contributed by atoms with van der Waals surface area (Å²) >= 11 is 3.56. The van der Waals surface area contributed by atoms with Crippen molar-refractivity contribution < 1.29 is 19.1 Å². The minimum atomic E-state index is -0.285. The Hall–Kier alpha value is -0.840. The summed E-state index contributed by atoms with van der Waals surface area (Å²) in [5.41, 5.74) is 0.659. The van der Waals surface area contributed by atoms with Crippen LogP contribution in [0.4, 0.5) is 0 Å². The van der Waals surface area contributed by atoms with Gasteiger partial charge in [-0.2, -0.15) is 0 Å². The van der Waals surface area contributed by atoms with Crippen LogP contribution in [-0.2, 0) is 19.1 Å². The van der Waals surface area contributed by atoms with Crippen molar-refractivity contribution in [1.29, 1.82) is 0 Å². The Morgan fingerprint density at radius 3 is 2.70 bits per heavy atom. The maximum Gasteiger partial charge on any atom is 0.334 e. The van der Waals surface area contributed by atoms with E-state index in [1.165, 1.54) is 6.92 Å². The second-order valence-corrected chi connectivity index (χ2v) is 6.34. The van der Waals surface area contributed by atoms with Gasteiger partial charge < -0.3 is 9.47 Å². The highest BCUT2D eigenvalue weighted by molar-refractivity contribution is 9.09. The van der Waals surface area contributed by atoms with Crippen LogP contribution in [0.2, 0.25) is 0 Å². The molecule has 0 bridgehead atoms. The Balaban J connectivity index is 2.57. The normalized spacial score (nSPS) is 21.1. The van der Waals surface area contributed by atoms with Crippen LogP contribution in [0, 0.1) is 0 Å². The van der Waals surface area contributed by atoms with Gasteiger partial charge in [0.05, 0.1) is 4.83 Å². The maximum atomic E-state index is 11.6. The Labute approximate surface area is 129 Å². The summed E-state index contributed by atoms with van der Waals surface area (Å²) in [4.78, 5) is 22.7. The van der Waals surface area contributed by atoms with Crippen molar-refractivity contribution in [2.75, 3.05) is 0 Å². The number of ether oxygens (including phenoxy) is 2. The number of carbonyl (C=O) groups excluding carboxylic acids is 2. The van der Waals surface area contributed by atoms with Crippen LogP contribution in [0.1, 0.15) is 52.9 Å². The van der Waals surface area contributed by atoms with Gasteiger partial charge >= 0.3 is 11.9 Å². The number of esters is 2. The quantitative estimate of drug-likeness (QED) is 0.383. The minimum Gasteiger partial charge on any atom is -0.461 e. The van der Waals surface area contributed by atoms with Crippen molar-refractivity contribution in [3.05, 3.63) is 11.6 Å². The van der Waals surface area contributed by atoms with E-state index in [9.17, 15) is 9.59 Å². The number of hydrogen-bond acceptors (Lipinski definition) is 4. The highest BCUT2D eigenvalue weighted by atomic mass is 79.9. The molecule has 4 nitrogen and oxygen atoms in total. The lowest BCUT2D eigenvalue weighted by Gasteiger charge is -2.22. The zero-order valence-corrected chi connectivity index (χ0v) is 13.9. The first kappa shape index (κ1) is 17.2. The molecule has 1 aliphatic rings. The summed E-state index contributed by atoms with van der Waals surface area (Å²) in [7, 11) is 0. The number of cyclic esters (lactones) is 1. The number of alkyl halides is 1. The molecule has 0 amide bonds. The average molecular weight is 347 g/mol. The average Bonchev–Trinajstić information content (AvgIpc) is 2.66. The standard InChI is InChI=1S/C15H23BrO4/c1-4-5-6-7-14(20-11(3)17)13(16)9-12-8-10(2)19-15(12)18/h8,10,13-14H,4-7,9H2,1-3H3/t10-,13+,14-/m0/s1. The van der Waals surface area contributed by atoms with Crippen molar-refractivity contribution in [3.63, 3.8) is 0 Å². The molecule has 0 aromatic heterocycles. The topological polar surface area (TPSA) is 52.6 Å². The smallest absolute Gasteiger partial charge is 0.334 e. The van der Waals surface area contributed by atoms with E-state index >= 15 is 0 Å². The molecule has 0 spiro atoms. The first-order valence-electron chi connectivity index (χ1n) is 7.17. The predicted octanol–water partition coefficient (Wildman–Crippen LogP) is 3.52. The maximum absolute atomic E-state index is 11.6. The fourth-order valence-electron chi connectivity index (χ4n) is 2.25. The Morgan fingerprint density at radius 1 is 1.50 bits per heavy atom. The monoisotopic (exact) mass is 346 g/mol. The SMILES string of the molecule is CCCCC[C@H](OC(C)=O)[C@H](Br)CC1=C[C@H](C)OC1=O. The van der Waals surface area contributed by atoms with Crippen LogP contribution in [0.25, 0.3) is 0 Å². The van der Waals surface area contributed by atoms with Crippen molar-refractivity contribution in [3.8, 4) is 0 Å². The molecule has 114 valence electrons. The zero-order valence-electron chi connectivity index (χ0n) is 12.4. The Bertz CT molecular complexity index is 378. The molecule has 1 aliphatic heterocycles. The molecule has 0 radical (unpaired) electrons. The zero-order chi connectivity index (χ0) is 15.1. The van der Waals surface area contributed by atoms with Crippen molar-refractivity contribution in [2.45, 2.75) is 69.9 Å². The van der Waals surface area contributed by atoms with E-state index in [4.69, 9.17) is 9.47 Å². The van der Waals surface area contributed by atoms with Crippen molar-refractivity contribution in [2.24, 2.45) is 0 Å². The van der Waals surface area contributed by atoms with Gasteiger partial charge in [0.1, 0.15) is 12.2 Å². The van der Waals surface area contributed by atoms with Crippen molar-refractivity contribution in [1.82, 2.24) is 0 Å². The van der Waals surface area contributed by atoms with Gasteiger partial charge in [-0.05, 0) is 32.3 Å². The Morgan fingerprint density at radius 2 is 2.20 bits per heavy atom. The predicted molar refractivity (Wildman–Crippen MR) is 80.7 cm³/mol. The molecule has 0 N–H and O–H groups in total. The molecule has 0 unspecified atom stereocenters. The molecule has 0 fully saturated rings. The highest BCUT2D eigenvalue weighted by Gasteiger charge is 2.28. The van der Waals surface area contributed by atoms with E-state index in [1.807, 2.05) is 13.0 Å². The third kappa shape index (κ3) is 5.65. The van der Waals surface area contributed by atoms with Crippen LogP contribution in [0.5, 0.6) is 0 Å². The number of rotatable bonds is 8.